The second-order valence-corrected chi connectivity index (χ2v) is 5.51. The Morgan fingerprint density at radius 1 is 1.47 bits per heavy atom. The highest BCUT2D eigenvalue weighted by atomic mass is 32.2. The van der Waals surface area contributed by atoms with Crippen LogP contribution in [0.3, 0.4) is 0 Å². The van der Waals surface area contributed by atoms with Crippen molar-refractivity contribution in [3.63, 3.8) is 0 Å². The SMILES string of the molecule is Cc1cc(SCCC(=O)NC(C)C)ccc1N. The van der Waals surface area contributed by atoms with Gasteiger partial charge in [0.15, 0.2) is 0 Å². The van der Waals surface area contributed by atoms with E-state index in [-0.39, 0.29) is 11.9 Å². The molecule has 0 spiro atoms. The first kappa shape index (κ1) is 13.9. The number of amides is 1. The lowest BCUT2D eigenvalue weighted by Crippen LogP contribution is -2.30. The Bertz CT molecular complexity index is 391. The van der Waals surface area contributed by atoms with Crippen LogP contribution in [0.2, 0.25) is 0 Å². The fourth-order valence-corrected chi connectivity index (χ4v) is 2.34. The summed E-state index contributed by atoms with van der Waals surface area (Å²) in [5, 5.41) is 2.88. The molecule has 0 unspecified atom stereocenters. The van der Waals surface area contributed by atoms with Crippen molar-refractivity contribution < 1.29 is 4.79 Å². The van der Waals surface area contributed by atoms with Gasteiger partial charge in [-0.15, -0.1) is 11.8 Å². The summed E-state index contributed by atoms with van der Waals surface area (Å²) in [4.78, 5) is 12.6. The average molecular weight is 252 g/mol. The van der Waals surface area contributed by atoms with E-state index in [1.165, 1.54) is 0 Å². The summed E-state index contributed by atoms with van der Waals surface area (Å²) in [6.07, 6.45) is 0.548. The van der Waals surface area contributed by atoms with Crippen molar-refractivity contribution in [3.05, 3.63) is 23.8 Å². The zero-order valence-corrected chi connectivity index (χ0v) is 11.4. The van der Waals surface area contributed by atoms with E-state index in [1.54, 1.807) is 11.8 Å². The molecule has 1 amide bonds. The maximum Gasteiger partial charge on any atom is 0.221 e. The number of thioether (sulfide) groups is 1. The lowest BCUT2D eigenvalue weighted by molar-refractivity contribution is -0.121. The van der Waals surface area contributed by atoms with Crippen LogP contribution in [0.5, 0.6) is 0 Å². The van der Waals surface area contributed by atoms with Crippen molar-refractivity contribution in [1.29, 1.82) is 0 Å². The molecular formula is C13H20N2OS. The fourth-order valence-electron chi connectivity index (χ4n) is 1.39. The number of nitrogens with two attached hydrogens (primary N) is 1. The van der Waals surface area contributed by atoms with Crippen LogP contribution in [0.1, 0.15) is 25.8 Å². The maximum absolute atomic E-state index is 11.4. The molecule has 0 radical (unpaired) electrons. The second kappa shape index (κ2) is 6.55. The van der Waals surface area contributed by atoms with Crippen molar-refractivity contribution in [2.24, 2.45) is 0 Å². The van der Waals surface area contributed by atoms with Gasteiger partial charge in [-0.25, -0.2) is 0 Å². The van der Waals surface area contributed by atoms with E-state index in [4.69, 9.17) is 5.73 Å². The molecule has 0 aromatic heterocycles. The van der Waals surface area contributed by atoms with Crippen LogP contribution in [-0.4, -0.2) is 17.7 Å². The lowest BCUT2D eigenvalue weighted by Gasteiger charge is -2.08. The summed E-state index contributed by atoms with van der Waals surface area (Å²) in [5.41, 5.74) is 7.64. The van der Waals surface area contributed by atoms with Crippen LogP contribution in [-0.2, 0) is 4.79 Å². The summed E-state index contributed by atoms with van der Waals surface area (Å²) in [7, 11) is 0. The maximum atomic E-state index is 11.4. The van der Waals surface area contributed by atoms with Gasteiger partial charge in [0.25, 0.3) is 0 Å². The lowest BCUT2D eigenvalue weighted by atomic mass is 10.2. The van der Waals surface area contributed by atoms with Gasteiger partial charge in [0, 0.05) is 28.8 Å². The molecule has 3 N–H and O–H groups in total. The predicted molar refractivity (Wildman–Crippen MR) is 74.2 cm³/mol. The molecule has 0 aliphatic heterocycles. The number of hydrogen-bond acceptors (Lipinski definition) is 3. The molecule has 0 bridgehead atoms. The van der Waals surface area contributed by atoms with Gasteiger partial charge in [-0.2, -0.15) is 0 Å². The van der Waals surface area contributed by atoms with Crippen molar-refractivity contribution >= 4 is 23.4 Å². The number of nitrogen functional groups attached to an aromatic ring is 1. The molecule has 0 saturated carbocycles. The molecule has 1 rings (SSSR count). The Kier molecular flexibility index (Phi) is 5.35. The third-order valence-electron chi connectivity index (χ3n) is 2.29. The number of rotatable bonds is 5. The van der Waals surface area contributed by atoms with E-state index in [1.807, 2.05) is 32.9 Å². The van der Waals surface area contributed by atoms with Gasteiger partial charge in [0.2, 0.25) is 5.91 Å². The Morgan fingerprint density at radius 3 is 2.76 bits per heavy atom. The smallest absolute Gasteiger partial charge is 0.221 e. The molecule has 0 atom stereocenters. The largest absolute Gasteiger partial charge is 0.399 e. The first-order valence-corrected chi connectivity index (χ1v) is 6.76. The van der Waals surface area contributed by atoms with Crippen molar-refractivity contribution in [2.45, 2.75) is 38.1 Å². The molecular weight excluding hydrogens is 232 g/mol. The normalized spacial score (nSPS) is 10.6. The molecule has 0 aliphatic carbocycles. The Balaban J connectivity index is 2.36. The summed E-state index contributed by atoms with van der Waals surface area (Å²) < 4.78 is 0. The highest BCUT2D eigenvalue weighted by molar-refractivity contribution is 7.99. The topological polar surface area (TPSA) is 55.1 Å². The highest BCUT2D eigenvalue weighted by Gasteiger charge is 2.04. The summed E-state index contributed by atoms with van der Waals surface area (Å²) in [6, 6.07) is 6.17. The average Bonchev–Trinajstić information content (AvgIpc) is 2.22. The minimum absolute atomic E-state index is 0.111. The summed E-state index contributed by atoms with van der Waals surface area (Å²) >= 11 is 1.68. The number of carbonyl (C=O) groups excluding carboxylic acids is 1. The van der Waals surface area contributed by atoms with Crippen LogP contribution in [0, 0.1) is 6.92 Å². The second-order valence-electron chi connectivity index (χ2n) is 4.34. The van der Waals surface area contributed by atoms with Gasteiger partial charge in [0.05, 0.1) is 0 Å². The number of nitrogens with one attached hydrogen (secondary N) is 1. The molecule has 3 nitrogen and oxygen atoms in total. The van der Waals surface area contributed by atoms with Gasteiger partial charge in [0.1, 0.15) is 0 Å². The van der Waals surface area contributed by atoms with Gasteiger partial charge >= 0.3 is 0 Å². The van der Waals surface area contributed by atoms with Crippen molar-refractivity contribution in [3.8, 4) is 0 Å². The van der Waals surface area contributed by atoms with E-state index in [0.29, 0.717) is 6.42 Å². The van der Waals surface area contributed by atoms with Crippen LogP contribution >= 0.6 is 11.8 Å². The van der Waals surface area contributed by atoms with Gasteiger partial charge in [-0.05, 0) is 44.5 Å². The molecule has 0 aliphatic rings. The number of anilines is 1. The van der Waals surface area contributed by atoms with E-state index >= 15 is 0 Å². The van der Waals surface area contributed by atoms with Crippen LogP contribution in [0.4, 0.5) is 5.69 Å². The molecule has 1 aromatic carbocycles. The van der Waals surface area contributed by atoms with Crippen molar-refractivity contribution in [2.75, 3.05) is 11.5 Å². The number of hydrogen-bond donors (Lipinski definition) is 2. The quantitative estimate of drug-likeness (QED) is 0.625. The van der Waals surface area contributed by atoms with Gasteiger partial charge < -0.3 is 11.1 Å². The molecule has 1 aromatic rings. The summed E-state index contributed by atoms with van der Waals surface area (Å²) in [5.74, 6) is 0.904. The molecule has 17 heavy (non-hydrogen) atoms. The van der Waals surface area contributed by atoms with Crippen LogP contribution < -0.4 is 11.1 Å². The van der Waals surface area contributed by atoms with E-state index in [0.717, 1.165) is 21.9 Å². The third-order valence-corrected chi connectivity index (χ3v) is 3.28. The minimum Gasteiger partial charge on any atom is -0.399 e. The Morgan fingerprint density at radius 2 is 2.18 bits per heavy atom. The minimum atomic E-state index is 0.111. The fraction of sp³-hybridized carbons (Fsp3) is 0.462. The van der Waals surface area contributed by atoms with E-state index in [2.05, 4.69) is 11.4 Å². The van der Waals surface area contributed by atoms with Gasteiger partial charge in [-0.3, -0.25) is 4.79 Å². The number of benzene rings is 1. The number of aryl methyl sites for hydroxylation is 1. The highest BCUT2D eigenvalue weighted by Crippen LogP contribution is 2.22. The predicted octanol–water partition coefficient (Wildman–Crippen LogP) is 2.58. The molecule has 0 fully saturated rings. The number of carbonyl (C=O) groups is 1. The molecule has 0 heterocycles. The van der Waals surface area contributed by atoms with E-state index in [9.17, 15) is 4.79 Å². The monoisotopic (exact) mass is 252 g/mol. The zero-order chi connectivity index (χ0) is 12.8. The first-order chi connectivity index (χ1) is 7.99. The first-order valence-electron chi connectivity index (χ1n) is 5.77. The van der Waals surface area contributed by atoms with Gasteiger partial charge in [-0.1, -0.05) is 0 Å². The molecule has 4 heteroatoms. The Hall–Kier alpha value is -1.16. The van der Waals surface area contributed by atoms with Crippen LogP contribution in [0.15, 0.2) is 23.1 Å². The third kappa shape index (κ3) is 5.13. The van der Waals surface area contributed by atoms with E-state index < -0.39 is 0 Å². The van der Waals surface area contributed by atoms with Crippen molar-refractivity contribution in [1.82, 2.24) is 5.32 Å². The van der Waals surface area contributed by atoms with Crippen LogP contribution in [0.25, 0.3) is 0 Å². The molecule has 0 saturated heterocycles. The standard InChI is InChI=1S/C13H20N2OS/c1-9(2)15-13(16)6-7-17-11-4-5-12(14)10(3)8-11/h4-5,8-9H,6-7,14H2,1-3H3,(H,15,16). The Labute approximate surface area is 107 Å². The zero-order valence-electron chi connectivity index (χ0n) is 10.6. The molecule has 94 valence electrons. The summed E-state index contributed by atoms with van der Waals surface area (Å²) in [6.45, 7) is 5.92.